The van der Waals surface area contributed by atoms with Gasteiger partial charge in [0.05, 0.1) is 6.61 Å². The molecule has 0 aromatic carbocycles. The lowest BCUT2D eigenvalue weighted by Crippen LogP contribution is -2.58. The van der Waals surface area contributed by atoms with Crippen molar-refractivity contribution < 1.29 is 67.5 Å². The van der Waals surface area contributed by atoms with Gasteiger partial charge in [0, 0.05) is 12.0 Å². The van der Waals surface area contributed by atoms with Gasteiger partial charge in [-0.15, -0.1) is 0 Å². The Morgan fingerprint density at radius 3 is 2.00 bits per heavy atom. The van der Waals surface area contributed by atoms with Gasteiger partial charge in [-0.1, -0.05) is 19.2 Å². The molecule has 0 bridgehead atoms. The van der Waals surface area contributed by atoms with Gasteiger partial charge in [0.25, 0.3) is 0 Å². The summed E-state index contributed by atoms with van der Waals surface area (Å²) in [6, 6.07) is 0. The van der Waals surface area contributed by atoms with Crippen LogP contribution in [0.2, 0.25) is 0 Å². The van der Waals surface area contributed by atoms with Crippen LogP contribution in [0.5, 0.6) is 0 Å². The SMILES string of the molecule is C=CCOC(=O)C(OCCCC(F)(F)C(F)(F)S(=O)(=O)O)(OC(=O)C(=C)C)C(F)(F)F. The van der Waals surface area contributed by atoms with Crippen molar-refractivity contribution in [2.45, 2.75) is 42.9 Å². The Morgan fingerprint density at radius 1 is 1.10 bits per heavy atom. The van der Waals surface area contributed by atoms with Crippen LogP contribution in [-0.2, 0) is 33.9 Å². The first kappa shape index (κ1) is 28.8. The van der Waals surface area contributed by atoms with Gasteiger partial charge in [-0.2, -0.15) is 39.2 Å². The molecule has 0 saturated heterocycles. The molecule has 1 unspecified atom stereocenters. The van der Waals surface area contributed by atoms with E-state index in [9.17, 15) is 48.7 Å². The van der Waals surface area contributed by atoms with Gasteiger partial charge in [0.1, 0.15) is 6.61 Å². The Hall–Kier alpha value is -2.20. The first-order valence-electron chi connectivity index (χ1n) is 7.87. The van der Waals surface area contributed by atoms with Crippen LogP contribution < -0.4 is 0 Å². The van der Waals surface area contributed by atoms with Crippen LogP contribution in [-0.4, -0.2) is 61.3 Å². The van der Waals surface area contributed by atoms with Crippen LogP contribution in [0, 0.1) is 0 Å². The molecule has 0 aliphatic carbocycles. The Kier molecular flexibility index (Phi) is 9.24. The molecule has 0 rings (SSSR count). The summed E-state index contributed by atoms with van der Waals surface area (Å²) in [4.78, 5) is 23.5. The van der Waals surface area contributed by atoms with Crippen molar-refractivity contribution in [3.05, 3.63) is 24.8 Å². The van der Waals surface area contributed by atoms with Crippen LogP contribution in [0.4, 0.5) is 30.7 Å². The van der Waals surface area contributed by atoms with Crippen molar-refractivity contribution in [3.63, 3.8) is 0 Å². The molecular formula is C15H17F7O8S. The monoisotopic (exact) mass is 490 g/mol. The van der Waals surface area contributed by atoms with Crippen LogP contribution in [0.3, 0.4) is 0 Å². The van der Waals surface area contributed by atoms with Gasteiger partial charge in [-0.25, -0.2) is 9.59 Å². The highest BCUT2D eigenvalue weighted by Crippen LogP contribution is 2.42. The van der Waals surface area contributed by atoms with E-state index in [0.717, 1.165) is 13.0 Å². The summed E-state index contributed by atoms with van der Waals surface area (Å²) in [6.45, 7) is 4.58. The van der Waals surface area contributed by atoms with Gasteiger partial charge in [-0.05, 0) is 13.3 Å². The van der Waals surface area contributed by atoms with Gasteiger partial charge < -0.3 is 14.2 Å². The van der Waals surface area contributed by atoms with Gasteiger partial charge in [0.2, 0.25) is 0 Å². The maximum absolute atomic E-state index is 13.5. The predicted molar refractivity (Wildman–Crippen MR) is 87.5 cm³/mol. The second-order valence-corrected chi connectivity index (χ2v) is 7.28. The Labute approximate surface area is 171 Å². The third-order valence-corrected chi connectivity index (χ3v) is 4.20. The fourth-order valence-electron chi connectivity index (χ4n) is 1.68. The Morgan fingerprint density at radius 2 is 1.61 bits per heavy atom. The van der Waals surface area contributed by atoms with Crippen LogP contribution in [0.25, 0.3) is 0 Å². The minimum Gasteiger partial charge on any atom is -0.456 e. The maximum Gasteiger partial charge on any atom is 0.468 e. The molecule has 1 atom stereocenters. The smallest absolute Gasteiger partial charge is 0.456 e. The molecule has 0 aliphatic rings. The van der Waals surface area contributed by atoms with Gasteiger partial charge in [0.15, 0.2) is 0 Å². The van der Waals surface area contributed by atoms with Crippen molar-refractivity contribution in [1.29, 1.82) is 0 Å². The van der Waals surface area contributed by atoms with Crippen molar-refractivity contribution in [1.82, 2.24) is 0 Å². The molecule has 31 heavy (non-hydrogen) atoms. The van der Waals surface area contributed by atoms with E-state index in [1.807, 2.05) is 0 Å². The number of halogens is 7. The molecule has 180 valence electrons. The average Bonchev–Trinajstić information content (AvgIpc) is 2.59. The normalized spacial score (nSPS) is 15.0. The highest BCUT2D eigenvalue weighted by atomic mass is 32.2. The summed E-state index contributed by atoms with van der Waals surface area (Å²) in [7, 11) is -6.56. The molecule has 0 radical (unpaired) electrons. The lowest BCUT2D eigenvalue weighted by molar-refractivity contribution is -0.354. The molecule has 0 amide bonds. The number of hydrogen-bond donors (Lipinski definition) is 1. The predicted octanol–water partition coefficient (Wildman–Crippen LogP) is 3.01. The fraction of sp³-hybridized carbons (Fsp3) is 0.600. The highest BCUT2D eigenvalue weighted by molar-refractivity contribution is 7.87. The lowest BCUT2D eigenvalue weighted by Gasteiger charge is -2.32. The summed E-state index contributed by atoms with van der Waals surface area (Å²) in [5, 5.41) is -5.96. The van der Waals surface area contributed by atoms with E-state index in [-0.39, 0.29) is 0 Å². The number of carbonyl (C=O) groups is 2. The summed E-state index contributed by atoms with van der Waals surface area (Å²) in [5.41, 5.74) is -0.631. The van der Waals surface area contributed by atoms with E-state index in [1.165, 1.54) is 0 Å². The van der Waals surface area contributed by atoms with E-state index in [1.54, 1.807) is 0 Å². The zero-order valence-electron chi connectivity index (χ0n) is 15.7. The highest BCUT2D eigenvalue weighted by Gasteiger charge is 2.68. The average molecular weight is 490 g/mol. The summed E-state index contributed by atoms with van der Waals surface area (Å²) >= 11 is 0. The zero-order valence-corrected chi connectivity index (χ0v) is 16.5. The number of hydrogen-bond acceptors (Lipinski definition) is 7. The van der Waals surface area contributed by atoms with Crippen LogP contribution in [0.1, 0.15) is 19.8 Å². The van der Waals surface area contributed by atoms with E-state index in [0.29, 0.717) is 0 Å². The molecule has 0 spiro atoms. The molecule has 16 heteroatoms. The largest absolute Gasteiger partial charge is 0.468 e. The second kappa shape index (κ2) is 9.95. The van der Waals surface area contributed by atoms with Crippen LogP contribution in [0.15, 0.2) is 24.8 Å². The number of alkyl halides is 7. The third-order valence-electron chi connectivity index (χ3n) is 3.25. The first-order valence-corrected chi connectivity index (χ1v) is 9.31. The summed E-state index contributed by atoms with van der Waals surface area (Å²) < 4.78 is 135. The number of rotatable bonds is 12. The fourth-order valence-corrected chi connectivity index (χ4v) is 2.16. The van der Waals surface area contributed by atoms with Gasteiger partial charge in [-0.3, -0.25) is 4.55 Å². The summed E-state index contributed by atoms with van der Waals surface area (Å²) in [6.07, 6.45) is -8.52. The summed E-state index contributed by atoms with van der Waals surface area (Å²) in [5.74, 6) is -14.0. The Balaban J connectivity index is 5.74. The van der Waals surface area contributed by atoms with Crippen molar-refractivity contribution in [2.75, 3.05) is 13.2 Å². The van der Waals surface area contributed by atoms with Crippen LogP contribution >= 0.6 is 0 Å². The topological polar surface area (TPSA) is 116 Å². The Bertz CT molecular complexity index is 807. The number of esters is 2. The van der Waals surface area contributed by atoms with Crippen molar-refractivity contribution in [2.24, 2.45) is 0 Å². The molecule has 0 fully saturated rings. The van der Waals surface area contributed by atoms with Gasteiger partial charge >= 0.3 is 45.2 Å². The molecule has 0 heterocycles. The number of ether oxygens (including phenoxy) is 3. The molecule has 0 aromatic heterocycles. The third kappa shape index (κ3) is 6.64. The van der Waals surface area contributed by atoms with E-state index >= 15 is 0 Å². The molecule has 0 saturated carbocycles. The lowest BCUT2D eigenvalue weighted by atomic mass is 10.2. The molecule has 0 aromatic rings. The second-order valence-electron chi connectivity index (χ2n) is 5.82. The minimum atomic E-state index is -6.56. The molecule has 8 nitrogen and oxygen atoms in total. The van der Waals surface area contributed by atoms with E-state index < -0.39 is 76.8 Å². The maximum atomic E-state index is 13.5. The molecule has 1 N–H and O–H groups in total. The van der Waals surface area contributed by atoms with E-state index in [2.05, 4.69) is 27.4 Å². The van der Waals surface area contributed by atoms with E-state index in [4.69, 9.17) is 4.55 Å². The molecule has 0 aliphatic heterocycles. The first-order chi connectivity index (χ1) is 13.8. The van der Waals surface area contributed by atoms with Crippen molar-refractivity contribution in [3.8, 4) is 0 Å². The number of carbonyl (C=O) groups excluding carboxylic acids is 2. The zero-order chi connectivity index (χ0) is 24.9. The minimum absolute atomic E-state index is 0.631. The quantitative estimate of drug-likeness (QED) is 0.0845. The standard InChI is InChI=1S/C15H17F7O8S/c1-4-7-28-11(24)13(14(18,19)20,30-10(23)9(2)3)29-8-5-6-12(16,17)15(21,22)31(25,26)27/h4H,1-2,5-8H2,3H3,(H,25,26,27). The van der Waals surface area contributed by atoms with Crippen molar-refractivity contribution >= 4 is 22.1 Å². The molecular weight excluding hydrogens is 473 g/mol.